The fourth-order valence-corrected chi connectivity index (χ4v) is 4.35. The van der Waals surface area contributed by atoms with Crippen molar-refractivity contribution < 1.29 is 32.7 Å². The predicted molar refractivity (Wildman–Crippen MR) is 101 cm³/mol. The number of carbonyl (C=O) groups is 1. The van der Waals surface area contributed by atoms with E-state index in [1.54, 1.807) is 6.07 Å². The molecule has 1 aromatic carbocycles. The van der Waals surface area contributed by atoms with Crippen LogP contribution in [0, 0.1) is 5.41 Å². The van der Waals surface area contributed by atoms with Crippen molar-refractivity contribution in [2.24, 2.45) is 0 Å². The molecule has 2 aliphatic rings. The molecule has 0 saturated carbocycles. The number of benzene rings is 1. The van der Waals surface area contributed by atoms with E-state index in [-0.39, 0.29) is 35.1 Å². The summed E-state index contributed by atoms with van der Waals surface area (Å²) in [4.78, 5) is 11.8. The highest BCUT2D eigenvalue weighted by Gasteiger charge is 2.39. The van der Waals surface area contributed by atoms with Gasteiger partial charge in [0.05, 0.1) is 24.3 Å². The highest BCUT2D eigenvalue weighted by molar-refractivity contribution is 7.93. The number of nitrogens with zero attached hydrogens (tertiary/aromatic N) is 1. The zero-order chi connectivity index (χ0) is 20.5. The van der Waals surface area contributed by atoms with Gasteiger partial charge in [-0.05, 0) is 31.3 Å². The molecule has 150 valence electrons. The van der Waals surface area contributed by atoms with Crippen LogP contribution >= 0.6 is 0 Å². The molecule has 28 heavy (non-hydrogen) atoms. The lowest BCUT2D eigenvalue weighted by Gasteiger charge is -2.38. The molecule has 1 fully saturated rings. The number of aryl methyl sites for hydroxylation is 1. The number of carboxylic acids is 1. The van der Waals surface area contributed by atoms with Gasteiger partial charge in [-0.25, -0.2) is 13.2 Å². The third-order valence-electron chi connectivity index (χ3n) is 4.55. The lowest BCUT2D eigenvalue weighted by Crippen LogP contribution is -2.56. The summed E-state index contributed by atoms with van der Waals surface area (Å²) in [6.07, 6.45) is 2.43. The minimum atomic E-state index is -3.67. The summed E-state index contributed by atoms with van der Waals surface area (Å²) < 4.78 is 36.9. The molecule has 0 amide bonds. The van der Waals surface area contributed by atoms with Gasteiger partial charge in [0.15, 0.2) is 0 Å². The first-order valence-electron chi connectivity index (χ1n) is 8.56. The maximum Gasteiger partial charge on any atom is 0.522 e. The van der Waals surface area contributed by atoms with Gasteiger partial charge in [-0.2, -0.15) is 4.31 Å². The van der Waals surface area contributed by atoms with Gasteiger partial charge in [-0.15, -0.1) is 0 Å². The number of allylic oxidation sites excluding steroid dienone is 1. The van der Waals surface area contributed by atoms with E-state index in [1.165, 1.54) is 23.5 Å². The summed E-state index contributed by atoms with van der Waals surface area (Å²) in [5, 5.41) is 28.5. The molecule has 4 N–H and O–H groups in total. The first-order chi connectivity index (χ1) is 13.2. The number of nitrogens with one attached hydrogen (secondary N) is 2. The molecule has 0 spiro atoms. The predicted octanol–water partition coefficient (Wildman–Crippen LogP) is 0.251. The van der Waals surface area contributed by atoms with Crippen LogP contribution in [-0.4, -0.2) is 61.5 Å². The Morgan fingerprint density at radius 1 is 1.46 bits per heavy atom. The minimum absolute atomic E-state index is 0.0526. The van der Waals surface area contributed by atoms with Crippen LogP contribution in [0.3, 0.4) is 0 Å². The summed E-state index contributed by atoms with van der Waals surface area (Å²) >= 11 is 0. The average Bonchev–Trinajstić information content (AvgIpc) is 2.60. The first kappa shape index (κ1) is 20.2. The maximum atomic E-state index is 12.4. The Morgan fingerprint density at radius 2 is 2.18 bits per heavy atom. The summed E-state index contributed by atoms with van der Waals surface area (Å²) in [7, 11) is -4.75. The fraction of sp³-hybridized carbons (Fsp3) is 0.375. The molecule has 2 heterocycles. The van der Waals surface area contributed by atoms with E-state index in [0.717, 1.165) is 6.34 Å². The zero-order valence-electron chi connectivity index (χ0n) is 15.1. The van der Waals surface area contributed by atoms with Crippen LogP contribution in [0.15, 0.2) is 23.2 Å². The highest BCUT2D eigenvalue weighted by atomic mass is 32.2. The minimum Gasteiger partial charge on any atom is -0.535 e. The molecule has 0 radical (unpaired) electrons. The number of hydrogen-bond donors (Lipinski definition) is 4. The van der Waals surface area contributed by atoms with Gasteiger partial charge in [-0.1, -0.05) is 6.07 Å². The number of carboxylic acid groups (broad SMARTS) is 1. The number of aromatic carboxylic acids is 1. The monoisotopic (exact) mass is 409 g/mol. The van der Waals surface area contributed by atoms with Crippen molar-refractivity contribution in [2.45, 2.75) is 25.8 Å². The standard InChI is InChI=1S/C16H20BN3O7S/c1-10(6-19-9-18)28(24,25)20-7-12(8-20)26-13-3-2-11-4-5-17(23)27-15(11)14(13)16(21)22/h2-3,6,9,12,23H,4-5,7-8H2,1H3,(H2,18,19)(H,21,22)/b10-6+. The second-order valence-corrected chi connectivity index (χ2v) is 8.58. The Hall–Kier alpha value is -2.57. The van der Waals surface area contributed by atoms with E-state index >= 15 is 0 Å². The molecular weight excluding hydrogens is 389 g/mol. The van der Waals surface area contributed by atoms with Gasteiger partial charge >= 0.3 is 13.1 Å². The van der Waals surface area contributed by atoms with Crippen molar-refractivity contribution in [1.29, 1.82) is 5.41 Å². The lowest BCUT2D eigenvalue weighted by atomic mass is 9.78. The van der Waals surface area contributed by atoms with Crippen molar-refractivity contribution in [1.82, 2.24) is 9.62 Å². The van der Waals surface area contributed by atoms with E-state index in [9.17, 15) is 23.3 Å². The van der Waals surface area contributed by atoms with Gasteiger partial charge in [0.25, 0.3) is 0 Å². The first-order valence-corrected chi connectivity index (χ1v) is 10.0. The van der Waals surface area contributed by atoms with Crippen molar-refractivity contribution >= 4 is 29.4 Å². The van der Waals surface area contributed by atoms with Crippen LogP contribution in [-0.2, 0) is 16.4 Å². The Labute approximate surface area is 162 Å². The molecule has 0 bridgehead atoms. The van der Waals surface area contributed by atoms with E-state index in [4.69, 9.17) is 14.8 Å². The van der Waals surface area contributed by atoms with Crippen LogP contribution in [0.4, 0.5) is 0 Å². The Balaban J connectivity index is 1.74. The quantitative estimate of drug-likeness (QED) is 0.285. The summed E-state index contributed by atoms with van der Waals surface area (Å²) in [6, 6.07) is 3.21. The van der Waals surface area contributed by atoms with Crippen molar-refractivity contribution in [3.63, 3.8) is 0 Å². The van der Waals surface area contributed by atoms with Crippen LogP contribution in [0.25, 0.3) is 0 Å². The molecule has 0 unspecified atom stereocenters. The van der Waals surface area contributed by atoms with Gasteiger partial charge in [0, 0.05) is 6.20 Å². The highest BCUT2D eigenvalue weighted by Crippen LogP contribution is 2.37. The molecule has 0 aliphatic carbocycles. The van der Waals surface area contributed by atoms with E-state index in [0.29, 0.717) is 18.3 Å². The molecule has 2 aliphatic heterocycles. The van der Waals surface area contributed by atoms with Crippen LogP contribution in [0.1, 0.15) is 22.8 Å². The maximum absolute atomic E-state index is 12.4. The smallest absolute Gasteiger partial charge is 0.522 e. The van der Waals surface area contributed by atoms with Gasteiger partial charge < -0.3 is 24.8 Å². The van der Waals surface area contributed by atoms with Crippen LogP contribution in [0.5, 0.6) is 11.5 Å². The van der Waals surface area contributed by atoms with Crippen molar-refractivity contribution in [3.8, 4) is 11.5 Å². The Morgan fingerprint density at radius 3 is 2.82 bits per heavy atom. The third kappa shape index (κ3) is 3.84. The number of sulfonamides is 1. The SMILES string of the molecule is C/C(=C\NC=N)S(=O)(=O)N1CC(Oc2ccc3c(c2C(=O)O)OB(O)CC3)C1. The van der Waals surface area contributed by atoms with Crippen molar-refractivity contribution in [2.75, 3.05) is 13.1 Å². The van der Waals surface area contributed by atoms with E-state index in [2.05, 4.69) is 5.32 Å². The van der Waals surface area contributed by atoms with Gasteiger partial charge in [0.2, 0.25) is 10.0 Å². The third-order valence-corrected chi connectivity index (χ3v) is 6.46. The second kappa shape index (κ2) is 7.82. The van der Waals surface area contributed by atoms with E-state index < -0.39 is 29.2 Å². The normalized spacial score (nSPS) is 17.9. The zero-order valence-corrected chi connectivity index (χ0v) is 15.9. The topological polar surface area (TPSA) is 149 Å². The van der Waals surface area contributed by atoms with Crippen molar-refractivity contribution in [3.05, 3.63) is 34.4 Å². The molecule has 12 heteroatoms. The number of rotatable bonds is 7. The fourth-order valence-electron chi connectivity index (χ4n) is 3.00. The summed E-state index contributed by atoms with van der Waals surface area (Å²) in [6.45, 7) is 1.55. The second-order valence-electron chi connectivity index (χ2n) is 6.47. The van der Waals surface area contributed by atoms with Crippen LogP contribution < -0.4 is 14.7 Å². The Kier molecular flexibility index (Phi) is 5.63. The Bertz CT molecular complexity index is 928. The molecule has 0 atom stereocenters. The molecule has 1 aromatic rings. The average molecular weight is 409 g/mol. The summed E-state index contributed by atoms with van der Waals surface area (Å²) in [5.74, 6) is -1.09. The molecule has 1 saturated heterocycles. The van der Waals surface area contributed by atoms with Gasteiger partial charge in [-0.3, -0.25) is 5.41 Å². The summed E-state index contributed by atoms with van der Waals surface area (Å²) in [5.41, 5.74) is 0.496. The largest absolute Gasteiger partial charge is 0.535 e. The molecule has 3 rings (SSSR count). The molecular formula is C16H20BN3O7S. The molecule has 0 aromatic heterocycles. The molecule has 10 nitrogen and oxygen atoms in total. The lowest BCUT2D eigenvalue weighted by molar-refractivity contribution is 0.0634. The van der Waals surface area contributed by atoms with E-state index in [1.807, 2.05) is 0 Å². The van der Waals surface area contributed by atoms with Crippen LogP contribution in [0.2, 0.25) is 6.32 Å². The number of fused-ring (bicyclic) bond motifs is 1. The number of ether oxygens (including phenoxy) is 1. The van der Waals surface area contributed by atoms with Gasteiger partial charge in [0.1, 0.15) is 23.2 Å². The number of hydrogen-bond acceptors (Lipinski definition) is 7.